The second-order valence-electron chi connectivity index (χ2n) is 5.91. The van der Waals surface area contributed by atoms with E-state index in [1.54, 1.807) is 6.07 Å². The van der Waals surface area contributed by atoms with Crippen molar-refractivity contribution in [3.63, 3.8) is 0 Å². The van der Waals surface area contributed by atoms with Crippen LogP contribution < -0.4 is 5.48 Å². The second kappa shape index (κ2) is 7.08. The molecule has 4 aromatic rings. The summed E-state index contributed by atoms with van der Waals surface area (Å²) >= 11 is 0. The van der Waals surface area contributed by atoms with Crippen LogP contribution in [0, 0.1) is 11.6 Å². The fraction of sp³-hybridized carbons (Fsp3) is 0.0556. The Labute approximate surface area is 156 Å². The number of amides is 1. The predicted octanol–water partition coefficient (Wildman–Crippen LogP) is 2.33. The third kappa shape index (κ3) is 3.16. The number of hydrogen-bond acceptors (Lipinski definition) is 6. The van der Waals surface area contributed by atoms with Crippen molar-refractivity contribution in [1.29, 1.82) is 0 Å². The smallest absolute Gasteiger partial charge is 0.274 e. The minimum atomic E-state index is -1.02. The number of carbonyl (C=O) groups is 1. The molecule has 28 heavy (non-hydrogen) atoms. The maximum absolute atomic E-state index is 14.3. The van der Waals surface area contributed by atoms with Crippen LogP contribution in [0.25, 0.3) is 22.4 Å². The maximum atomic E-state index is 14.3. The van der Waals surface area contributed by atoms with Gasteiger partial charge in [-0.1, -0.05) is 24.3 Å². The molecule has 0 radical (unpaired) electrons. The van der Waals surface area contributed by atoms with Gasteiger partial charge in [-0.15, -0.1) is 5.10 Å². The zero-order chi connectivity index (χ0) is 19.7. The van der Waals surface area contributed by atoms with Gasteiger partial charge in [0.25, 0.3) is 5.91 Å². The molecule has 0 aliphatic heterocycles. The van der Waals surface area contributed by atoms with Gasteiger partial charge in [-0.2, -0.15) is 0 Å². The molecular formula is C18H12F2N6O2. The van der Waals surface area contributed by atoms with E-state index in [1.807, 2.05) is 30.3 Å². The molecule has 0 bridgehead atoms. The summed E-state index contributed by atoms with van der Waals surface area (Å²) in [4.78, 5) is 15.8. The first kappa shape index (κ1) is 17.6. The lowest BCUT2D eigenvalue weighted by Crippen LogP contribution is -2.19. The van der Waals surface area contributed by atoms with Gasteiger partial charge in [0.15, 0.2) is 0 Å². The van der Waals surface area contributed by atoms with Crippen molar-refractivity contribution >= 4 is 16.8 Å². The lowest BCUT2D eigenvalue weighted by Gasteiger charge is -2.09. The number of rotatable bonds is 4. The van der Waals surface area contributed by atoms with Crippen LogP contribution in [0.4, 0.5) is 8.78 Å². The molecule has 10 heteroatoms. The number of carbonyl (C=O) groups excluding carboxylic acids is 1. The van der Waals surface area contributed by atoms with Crippen LogP contribution in [-0.2, 0) is 6.54 Å². The van der Waals surface area contributed by atoms with Crippen LogP contribution in [0.3, 0.4) is 0 Å². The molecule has 4 rings (SSSR count). The summed E-state index contributed by atoms with van der Waals surface area (Å²) in [6.07, 6.45) is 0. The number of pyridine rings is 1. The first-order valence-corrected chi connectivity index (χ1v) is 8.11. The topological polar surface area (TPSA) is 106 Å². The molecular weight excluding hydrogens is 370 g/mol. The summed E-state index contributed by atoms with van der Waals surface area (Å²) in [6, 6.07) is 12.7. The Balaban J connectivity index is 1.71. The zero-order valence-electron chi connectivity index (χ0n) is 14.2. The molecule has 2 heterocycles. The Bertz CT molecular complexity index is 1170. The average Bonchev–Trinajstić information content (AvgIpc) is 3.17. The lowest BCUT2D eigenvalue weighted by molar-refractivity contribution is 0.0705. The number of nitrogens with zero attached hydrogens (tertiary/aromatic N) is 5. The Morgan fingerprint density at radius 2 is 1.86 bits per heavy atom. The highest BCUT2D eigenvalue weighted by Crippen LogP contribution is 2.21. The van der Waals surface area contributed by atoms with Crippen molar-refractivity contribution in [1.82, 2.24) is 30.7 Å². The molecule has 0 aliphatic rings. The Kier molecular flexibility index (Phi) is 4.45. The maximum Gasteiger partial charge on any atom is 0.274 e. The summed E-state index contributed by atoms with van der Waals surface area (Å²) in [5.74, 6) is -2.72. The number of para-hydroxylation sites is 1. The third-order valence-corrected chi connectivity index (χ3v) is 4.17. The van der Waals surface area contributed by atoms with E-state index in [0.717, 1.165) is 23.0 Å². The van der Waals surface area contributed by atoms with E-state index in [1.165, 1.54) is 10.2 Å². The summed E-state index contributed by atoms with van der Waals surface area (Å²) in [7, 11) is 0. The number of benzene rings is 2. The molecule has 2 aromatic heterocycles. The van der Waals surface area contributed by atoms with Crippen molar-refractivity contribution in [3.8, 4) is 11.5 Å². The zero-order valence-corrected chi connectivity index (χ0v) is 14.2. The summed E-state index contributed by atoms with van der Waals surface area (Å²) in [6.45, 7) is -0.310. The predicted molar refractivity (Wildman–Crippen MR) is 93.3 cm³/mol. The Morgan fingerprint density at radius 1 is 1.11 bits per heavy atom. The molecule has 2 aromatic carbocycles. The van der Waals surface area contributed by atoms with Gasteiger partial charge in [0.05, 0.1) is 12.1 Å². The Hall–Kier alpha value is -3.79. The molecule has 2 N–H and O–H groups in total. The van der Waals surface area contributed by atoms with Crippen LogP contribution in [0.5, 0.6) is 0 Å². The van der Waals surface area contributed by atoms with Crippen LogP contribution in [-0.4, -0.2) is 36.3 Å². The van der Waals surface area contributed by atoms with Gasteiger partial charge in [0.2, 0.25) is 5.82 Å². The number of aromatic nitrogens is 5. The largest absolute Gasteiger partial charge is 0.288 e. The molecule has 8 nitrogen and oxygen atoms in total. The normalized spacial score (nSPS) is 11.0. The van der Waals surface area contributed by atoms with E-state index in [-0.39, 0.29) is 23.5 Å². The molecule has 0 saturated carbocycles. The summed E-state index contributed by atoms with van der Waals surface area (Å²) in [5, 5.41) is 20.8. The highest BCUT2D eigenvalue weighted by Gasteiger charge is 2.18. The van der Waals surface area contributed by atoms with Crippen LogP contribution in [0.1, 0.15) is 15.9 Å². The van der Waals surface area contributed by atoms with E-state index in [2.05, 4.69) is 20.5 Å². The van der Waals surface area contributed by atoms with E-state index < -0.39 is 17.5 Å². The third-order valence-electron chi connectivity index (χ3n) is 4.17. The number of nitrogens with one attached hydrogen (secondary N) is 1. The highest BCUT2D eigenvalue weighted by molar-refractivity contribution is 5.93. The van der Waals surface area contributed by atoms with Gasteiger partial charge < -0.3 is 0 Å². The first-order chi connectivity index (χ1) is 13.6. The van der Waals surface area contributed by atoms with Gasteiger partial charge >= 0.3 is 0 Å². The minimum Gasteiger partial charge on any atom is -0.288 e. The number of hydrogen-bond donors (Lipinski definition) is 2. The van der Waals surface area contributed by atoms with Crippen molar-refractivity contribution < 1.29 is 18.8 Å². The molecule has 0 fully saturated rings. The minimum absolute atomic E-state index is 0.238. The molecule has 0 atom stereocenters. The quantitative estimate of drug-likeness (QED) is 0.415. The second-order valence-corrected chi connectivity index (χ2v) is 5.91. The van der Waals surface area contributed by atoms with Gasteiger partial charge in [0, 0.05) is 16.5 Å². The summed E-state index contributed by atoms with van der Waals surface area (Å²) in [5.41, 5.74) is 1.82. The molecule has 0 aliphatic carbocycles. The van der Waals surface area contributed by atoms with Gasteiger partial charge in [-0.3, -0.25) is 10.0 Å². The van der Waals surface area contributed by atoms with Gasteiger partial charge in [-0.05, 0) is 34.7 Å². The van der Waals surface area contributed by atoms with E-state index in [0.29, 0.717) is 5.69 Å². The first-order valence-electron chi connectivity index (χ1n) is 8.11. The fourth-order valence-electron chi connectivity index (χ4n) is 2.78. The Morgan fingerprint density at radius 3 is 2.61 bits per heavy atom. The lowest BCUT2D eigenvalue weighted by atomic mass is 10.1. The summed E-state index contributed by atoms with van der Waals surface area (Å²) < 4.78 is 29.9. The van der Waals surface area contributed by atoms with Crippen LogP contribution in [0.2, 0.25) is 0 Å². The van der Waals surface area contributed by atoms with E-state index >= 15 is 0 Å². The van der Waals surface area contributed by atoms with Crippen LogP contribution >= 0.6 is 0 Å². The van der Waals surface area contributed by atoms with Crippen molar-refractivity contribution in [3.05, 3.63) is 71.3 Å². The average molecular weight is 382 g/mol. The molecule has 0 saturated heterocycles. The highest BCUT2D eigenvalue weighted by atomic mass is 19.1. The number of hydroxylamine groups is 1. The number of fused-ring (bicyclic) bond motifs is 1. The van der Waals surface area contributed by atoms with Crippen molar-refractivity contribution in [2.75, 3.05) is 0 Å². The monoisotopic (exact) mass is 382 g/mol. The van der Waals surface area contributed by atoms with Crippen molar-refractivity contribution in [2.24, 2.45) is 0 Å². The SMILES string of the molecule is O=C(NO)c1cc(F)c(Cn2nnnc2-c2ccc3ccccc3n2)c(F)c1. The molecule has 1 amide bonds. The van der Waals surface area contributed by atoms with Crippen LogP contribution in [0.15, 0.2) is 48.5 Å². The van der Waals surface area contributed by atoms with E-state index in [9.17, 15) is 13.6 Å². The number of halogens is 2. The number of tetrazole rings is 1. The van der Waals surface area contributed by atoms with E-state index in [4.69, 9.17) is 5.21 Å². The molecule has 0 unspecified atom stereocenters. The van der Waals surface area contributed by atoms with Gasteiger partial charge in [0.1, 0.15) is 17.3 Å². The fourth-order valence-corrected chi connectivity index (χ4v) is 2.78. The van der Waals surface area contributed by atoms with Crippen molar-refractivity contribution in [2.45, 2.75) is 6.54 Å². The standard InChI is InChI=1S/C18H12F2N6O2/c19-13-7-11(18(27)23-28)8-14(20)12(13)9-26-17(22-24-25-26)16-6-5-10-3-1-2-4-15(10)21-16/h1-8,28H,9H2,(H,23,27). The molecule has 0 spiro atoms. The molecule has 140 valence electrons. The van der Waals surface area contributed by atoms with Gasteiger partial charge in [-0.25, -0.2) is 23.9 Å².